The molecule has 144 valence electrons. The molecular weight excluding hydrogens is 439 g/mol. The summed E-state index contributed by atoms with van der Waals surface area (Å²) >= 11 is 3.37. The summed E-state index contributed by atoms with van der Waals surface area (Å²) in [5.74, 6) is -1.44. The maximum absolute atomic E-state index is 13.1. The molecule has 0 aliphatic carbocycles. The summed E-state index contributed by atoms with van der Waals surface area (Å²) < 4.78 is 45.2. The third-order valence-electron chi connectivity index (χ3n) is 4.80. The Hall–Kier alpha value is -2.61. The molecule has 0 N–H and O–H groups in total. The smallest absolute Gasteiger partial charge is 0.416 e. The van der Waals surface area contributed by atoms with Crippen LogP contribution in [0.1, 0.15) is 23.5 Å². The van der Waals surface area contributed by atoms with E-state index in [1.54, 1.807) is 12.1 Å². The number of cyclic esters (lactones) is 1. The fraction of sp³-hybridized carbons (Fsp3) is 0.200. The van der Waals surface area contributed by atoms with Crippen LogP contribution < -0.4 is 4.90 Å². The van der Waals surface area contributed by atoms with Crippen LogP contribution in [0, 0.1) is 0 Å². The first-order valence-corrected chi connectivity index (χ1v) is 9.21. The van der Waals surface area contributed by atoms with Crippen LogP contribution in [-0.4, -0.2) is 18.5 Å². The van der Waals surface area contributed by atoms with Crippen molar-refractivity contribution in [3.63, 3.8) is 0 Å². The molecule has 0 aromatic heterocycles. The van der Waals surface area contributed by atoms with Gasteiger partial charge in [-0.05, 0) is 35.9 Å². The lowest BCUT2D eigenvalue weighted by atomic mass is 9.84. The zero-order valence-electron chi connectivity index (χ0n) is 14.3. The number of alkyl halides is 3. The Bertz CT molecular complexity index is 1020. The number of nitrogens with zero attached hydrogens (tertiary/aromatic N) is 1. The van der Waals surface area contributed by atoms with E-state index in [0.717, 1.165) is 22.2 Å². The van der Waals surface area contributed by atoms with Gasteiger partial charge in [0.15, 0.2) is 0 Å². The number of carbonyl (C=O) groups is 2. The van der Waals surface area contributed by atoms with E-state index < -0.39 is 23.6 Å². The van der Waals surface area contributed by atoms with Gasteiger partial charge in [-0.25, -0.2) is 4.79 Å². The van der Waals surface area contributed by atoms with Crippen LogP contribution in [0.2, 0.25) is 0 Å². The minimum atomic E-state index is -4.53. The summed E-state index contributed by atoms with van der Waals surface area (Å²) in [5, 5.41) is 0. The van der Waals surface area contributed by atoms with Crippen LogP contribution in [0.3, 0.4) is 0 Å². The normalized spacial score (nSPS) is 19.7. The van der Waals surface area contributed by atoms with E-state index in [4.69, 9.17) is 4.74 Å². The van der Waals surface area contributed by atoms with Crippen molar-refractivity contribution in [3.05, 3.63) is 75.4 Å². The highest BCUT2D eigenvalue weighted by molar-refractivity contribution is 9.10. The zero-order valence-corrected chi connectivity index (χ0v) is 15.9. The standard InChI is InChI=1S/C20H13BrF3NO3/c21-13-5-1-3-11(7-13)15-9-17(26)25(16-10-28-19(27)18(15)16)14-6-2-4-12(8-14)20(22,23)24/h1-8,15H,9-10H2. The number of carbonyl (C=O) groups excluding carboxylic acids is 2. The first kappa shape index (κ1) is 18.7. The Balaban J connectivity index is 1.82. The van der Waals surface area contributed by atoms with E-state index >= 15 is 0 Å². The lowest BCUT2D eigenvalue weighted by Crippen LogP contribution is -2.37. The molecule has 28 heavy (non-hydrogen) atoms. The van der Waals surface area contributed by atoms with E-state index in [2.05, 4.69) is 15.9 Å². The SMILES string of the molecule is O=C1OCC2=C1C(c1cccc(Br)c1)CC(=O)N2c1cccc(C(F)(F)F)c1. The van der Waals surface area contributed by atoms with Crippen LogP contribution >= 0.6 is 15.9 Å². The minimum Gasteiger partial charge on any atom is -0.456 e. The van der Waals surface area contributed by atoms with Gasteiger partial charge in [0.25, 0.3) is 0 Å². The van der Waals surface area contributed by atoms with Gasteiger partial charge in [0.2, 0.25) is 5.91 Å². The number of halogens is 4. The van der Waals surface area contributed by atoms with Crippen molar-refractivity contribution in [2.24, 2.45) is 0 Å². The van der Waals surface area contributed by atoms with Gasteiger partial charge in [-0.1, -0.05) is 34.1 Å². The van der Waals surface area contributed by atoms with Gasteiger partial charge >= 0.3 is 12.1 Å². The van der Waals surface area contributed by atoms with E-state index in [1.165, 1.54) is 17.0 Å². The first-order chi connectivity index (χ1) is 13.3. The number of hydrogen-bond acceptors (Lipinski definition) is 3. The van der Waals surface area contributed by atoms with E-state index in [0.29, 0.717) is 11.3 Å². The van der Waals surface area contributed by atoms with Crippen LogP contribution in [0.5, 0.6) is 0 Å². The van der Waals surface area contributed by atoms with E-state index in [1.807, 2.05) is 12.1 Å². The van der Waals surface area contributed by atoms with E-state index in [9.17, 15) is 22.8 Å². The van der Waals surface area contributed by atoms with Gasteiger partial charge in [0, 0.05) is 22.5 Å². The van der Waals surface area contributed by atoms with Crippen LogP contribution in [-0.2, 0) is 20.5 Å². The van der Waals surface area contributed by atoms with Gasteiger partial charge in [0.05, 0.1) is 16.8 Å². The van der Waals surface area contributed by atoms with Crippen molar-refractivity contribution in [2.45, 2.75) is 18.5 Å². The fourth-order valence-corrected chi connectivity index (χ4v) is 4.00. The second kappa shape index (κ2) is 6.77. The first-order valence-electron chi connectivity index (χ1n) is 8.41. The molecule has 2 aromatic carbocycles. The van der Waals surface area contributed by atoms with Crippen molar-refractivity contribution < 1.29 is 27.5 Å². The second-order valence-corrected chi connectivity index (χ2v) is 7.44. The molecule has 8 heteroatoms. The highest BCUT2D eigenvalue weighted by Gasteiger charge is 2.43. The van der Waals surface area contributed by atoms with Gasteiger partial charge < -0.3 is 4.74 Å². The summed E-state index contributed by atoms with van der Waals surface area (Å²) in [6, 6.07) is 11.7. The highest BCUT2D eigenvalue weighted by atomic mass is 79.9. The fourth-order valence-electron chi connectivity index (χ4n) is 3.58. The summed E-state index contributed by atoms with van der Waals surface area (Å²) in [4.78, 5) is 26.5. The molecule has 1 atom stereocenters. The van der Waals surface area contributed by atoms with Gasteiger partial charge in [-0.3, -0.25) is 9.69 Å². The molecule has 2 aliphatic heterocycles. The molecule has 0 spiro atoms. The van der Waals surface area contributed by atoms with E-state index in [-0.39, 0.29) is 24.6 Å². The quantitative estimate of drug-likeness (QED) is 0.616. The summed E-state index contributed by atoms with van der Waals surface area (Å²) in [5.41, 5.74) is 0.580. The molecule has 0 bridgehead atoms. The number of ether oxygens (including phenoxy) is 1. The van der Waals surface area contributed by atoms with Gasteiger partial charge in [-0.2, -0.15) is 13.2 Å². The molecule has 2 heterocycles. The number of rotatable bonds is 2. The molecule has 2 aromatic rings. The van der Waals surface area contributed by atoms with Crippen LogP contribution in [0.15, 0.2) is 64.3 Å². The summed E-state index contributed by atoms with van der Waals surface area (Å²) in [6.45, 7) is -0.152. The molecule has 0 radical (unpaired) electrons. The molecule has 1 unspecified atom stereocenters. The maximum Gasteiger partial charge on any atom is 0.416 e. The molecule has 0 saturated heterocycles. The summed E-state index contributed by atoms with van der Waals surface area (Å²) in [6.07, 6.45) is -4.58. The highest BCUT2D eigenvalue weighted by Crippen LogP contribution is 2.43. The lowest BCUT2D eigenvalue weighted by Gasteiger charge is -2.32. The Labute approximate surface area is 166 Å². The van der Waals surface area contributed by atoms with Gasteiger partial charge in [0.1, 0.15) is 6.61 Å². The molecule has 1 amide bonds. The molecule has 2 aliphatic rings. The third kappa shape index (κ3) is 3.22. The monoisotopic (exact) mass is 451 g/mol. The predicted octanol–water partition coefficient (Wildman–Crippen LogP) is 4.80. The van der Waals surface area contributed by atoms with Crippen molar-refractivity contribution in [3.8, 4) is 0 Å². The minimum absolute atomic E-state index is 0.0410. The molecule has 0 saturated carbocycles. The molecular formula is C20H13BrF3NO3. The van der Waals surface area contributed by atoms with Crippen molar-refractivity contribution in [1.82, 2.24) is 0 Å². The van der Waals surface area contributed by atoms with Crippen molar-refractivity contribution in [1.29, 1.82) is 0 Å². The van der Waals surface area contributed by atoms with Crippen LogP contribution in [0.4, 0.5) is 18.9 Å². The number of benzene rings is 2. The summed E-state index contributed by atoms with van der Waals surface area (Å²) in [7, 11) is 0. The van der Waals surface area contributed by atoms with Crippen LogP contribution in [0.25, 0.3) is 0 Å². The molecule has 4 rings (SSSR count). The number of esters is 1. The average Bonchev–Trinajstić information content (AvgIpc) is 3.02. The second-order valence-electron chi connectivity index (χ2n) is 6.53. The largest absolute Gasteiger partial charge is 0.456 e. The topological polar surface area (TPSA) is 46.6 Å². The average molecular weight is 452 g/mol. The zero-order chi connectivity index (χ0) is 20.1. The van der Waals surface area contributed by atoms with Crippen molar-refractivity contribution >= 4 is 33.5 Å². The third-order valence-corrected chi connectivity index (χ3v) is 5.29. The Morgan fingerprint density at radius 3 is 2.54 bits per heavy atom. The number of anilines is 1. The predicted molar refractivity (Wildman–Crippen MR) is 98.4 cm³/mol. The maximum atomic E-state index is 13.1. The Morgan fingerprint density at radius 2 is 1.82 bits per heavy atom. The lowest BCUT2D eigenvalue weighted by molar-refractivity contribution is -0.138. The number of hydrogen-bond donors (Lipinski definition) is 0. The molecule has 0 fully saturated rings. The molecule has 4 nitrogen and oxygen atoms in total. The Morgan fingerprint density at radius 1 is 1.07 bits per heavy atom. The van der Waals surface area contributed by atoms with Gasteiger partial charge in [-0.15, -0.1) is 0 Å². The number of amides is 1. The van der Waals surface area contributed by atoms with Crippen molar-refractivity contribution in [2.75, 3.05) is 11.5 Å². The Kier molecular flexibility index (Phi) is 4.53.